The summed E-state index contributed by atoms with van der Waals surface area (Å²) in [5, 5.41) is 16.9. The molecule has 1 aromatic carbocycles. The SMILES string of the molecule is CCc1nn(C)cc1CNc1nc(NCc2cn(C)nc2CC)c2ccccc2n1. The van der Waals surface area contributed by atoms with Crippen LogP contribution < -0.4 is 10.6 Å². The van der Waals surface area contributed by atoms with Gasteiger partial charge in [0, 0.05) is 56.1 Å². The minimum atomic E-state index is 0.601. The molecule has 4 rings (SSSR count). The molecule has 3 heterocycles. The van der Waals surface area contributed by atoms with E-state index in [9.17, 15) is 0 Å². The molecule has 0 aliphatic carbocycles. The molecular weight excluding hydrogens is 376 g/mol. The normalized spacial score (nSPS) is 11.2. The van der Waals surface area contributed by atoms with Crippen LogP contribution in [0.25, 0.3) is 10.9 Å². The number of para-hydroxylation sites is 1. The van der Waals surface area contributed by atoms with Crippen molar-refractivity contribution in [2.75, 3.05) is 10.6 Å². The Morgan fingerprint density at radius 2 is 1.40 bits per heavy atom. The molecular formula is C22H28N8. The smallest absolute Gasteiger partial charge is 0.225 e. The molecule has 3 aromatic heterocycles. The molecule has 0 amide bonds. The molecule has 156 valence electrons. The third-order valence-corrected chi connectivity index (χ3v) is 5.14. The second-order valence-electron chi connectivity index (χ2n) is 7.38. The Labute approximate surface area is 176 Å². The van der Waals surface area contributed by atoms with Gasteiger partial charge in [-0.05, 0) is 25.0 Å². The van der Waals surface area contributed by atoms with E-state index in [1.54, 1.807) is 0 Å². The second kappa shape index (κ2) is 8.52. The fourth-order valence-electron chi connectivity index (χ4n) is 3.70. The van der Waals surface area contributed by atoms with Crippen LogP contribution in [0.5, 0.6) is 0 Å². The maximum Gasteiger partial charge on any atom is 0.225 e. The van der Waals surface area contributed by atoms with E-state index in [4.69, 9.17) is 9.97 Å². The molecule has 0 radical (unpaired) electrons. The summed E-state index contributed by atoms with van der Waals surface area (Å²) in [5.74, 6) is 1.42. The number of fused-ring (bicyclic) bond motifs is 1. The predicted octanol–water partition coefficient (Wildman–Crippen LogP) is 3.45. The summed E-state index contributed by atoms with van der Waals surface area (Å²) in [5.41, 5.74) is 5.44. The van der Waals surface area contributed by atoms with Crippen molar-refractivity contribution in [1.29, 1.82) is 0 Å². The Kier molecular flexibility index (Phi) is 5.65. The van der Waals surface area contributed by atoms with Crippen molar-refractivity contribution in [3.05, 3.63) is 59.2 Å². The maximum atomic E-state index is 4.77. The largest absolute Gasteiger partial charge is 0.365 e. The van der Waals surface area contributed by atoms with Crippen LogP contribution in [0.1, 0.15) is 36.4 Å². The third-order valence-electron chi connectivity index (χ3n) is 5.14. The molecule has 30 heavy (non-hydrogen) atoms. The van der Waals surface area contributed by atoms with Gasteiger partial charge in [-0.15, -0.1) is 0 Å². The Hall–Kier alpha value is -3.42. The average Bonchev–Trinajstić information content (AvgIpc) is 3.31. The molecule has 0 atom stereocenters. The molecule has 4 aromatic rings. The number of hydrogen-bond donors (Lipinski definition) is 2. The van der Waals surface area contributed by atoms with Crippen LogP contribution in [0, 0.1) is 0 Å². The Morgan fingerprint density at radius 1 is 0.800 bits per heavy atom. The number of anilines is 2. The lowest BCUT2D eigenvalue weighted by Crippen LogP contribution is -2.09. The van der Waals surface area contributed by atoms with Crippen LogP contribution in [0.3, 0.4) is 0 Å². The number of rotatable bonds is 8. The van der Waals surface area contributed by atoms with E-state index in [2.05, 4.69) is 40.9 Å². The number of benzene rings is 1. The van der Waals surface area contributed by atoms with Gasteiger partial charge in [-0.1, -0.05) is 26.0 Å². The van der Waals surface area contributed by atoms with Gasteiger partial charge in [0.25, 0.3) is 0 Å². The average molecular weight is 405 g/mol. The van der Waals surface area contributed by atoms with Gasteiger partial charge in [-0.3, -0.25) is 9.36 Å². The van der Waals surface area contributed by atoms with Crippen LogP contribution in [0.4, 0.5) is 11.8 Å². The number of nitrogens with zero attached hydrogens (tertiary/aromatic N) is 6. The predicted molar refractivity (Wildman–Crippen MR) is 119 cm³/mol. The van der Waals surface area contributed by atoms with E-state index in [0.29, 0.717) is 19.0 Å². The van der Waals surface area contributed by atoms with E-state index in [-0.39, 0.29) is 0 Å². The van der Waals surface area contributed by atoms with Gasteiger partial charge in [0.15, 0.2) is 0 Å². The minimum absolute atomic E-state index is 0.601. The summed E-state index contributed by atoms with van der Waals surface area (Å²) in [4.78, 5) is 9.47. The van der Waals surface area contributed by atoms with Crippen molar-refractivity contribution in [2.45, 2.75) is 39.8 Å². The van der Waals surface area contributed by atoms with Crippen LogP contribution in [-0.2, 0) is 40.0 Å². The molecule has 0 fully saturated rings. The van der Waals surface area contributed by atoms with Crippen molar-refractivity contribution < 1.29 is 0 Å². The monoisotopic (exact) mass is 404 g/mol. The topological polar surface area (TPSA) is 85.5 Å². The maximum absolute atomic E-state index is 4.77. The van der Waals surface area contributed by atoms with E-state index in [0.717, 1.165) is 46.5 Å². The first kappa shape index (κ1) is 19.9. The van der Waals surface area contributed by atoms with Gasteiger partial charge in [0.05, 0.1) is 16.9 Å². The number of nitrogens with one attached hydrogen (secondary N) is 2. The quantitative estimate of drug-likeness (QED) is 0.468. The zero-order valence-corrected chi connectivity index (χ0v) is 18.0. The molecule has 0 saturated heterocycles. The highest BCUT2D eigenvalue weighted by molar-refractivity contribution is 5.90. The van der Waals surface area contributed by atoms with E-state index < -0.39 is 0 Å². The van der Waals surface area contributed by atoms with Crippen molar-refractivity contribution in [2.24, 2.45) is 14.1 Å². The van der Waals surface area contributed by atoms with Crippen molar-refractivity contribution in [3.8, 4) is 0 Å². The Balaban J connectivity index is 1.59. The zero-order chi connectivity index (χ0) is 21.1. The molecule has 8 nitrogen and oxygen atoms in total. The van der Waals surface area contributed by atoms with Gasteiger partial charge in [0.1, 0.15) is 5.82 Å². The molecule has 0 aliphatic rings. The van der Waals surface area contributed by atoms with Crippen molar-refractivity contribution in [1.82, 2.24) is 29.5 Å². The Bertz CT molecular complexity index is 1160. The lowest BCUT2D eigenvalue weighted by molar-refractivity contribution is 0.746. The van der Waals surface area contributed by atoms with Crippen LogP contribution in [-0.4, -0.2) is 29.5 Å². The second-order valence-corrected chi connectivity index (χ2v) is 7.38. The summed E-state index contributed by atoms with van der Waals surface area (Å²) in [6, 6.07) is 8.06. The molecule has 0 spiro atoms. The van der Waals surface area contributed by atoms with E-state index in [1.807, 2.05) is 53.9 Å². The summed E-state index contributed by atoms with van der Waals surface area (Å²) < 4.78 is 3.71. The molecule has 0 bridgehead atoms. The van der Waals surface area contributed by atoms with Gasteiger partial charge in [0.2, 0.25) is 5.95 Å². The number of aryl methyl sites for hydroxylation is 4. The molecule has 0 aliphatic heterocycles. The molecule has 0 saturated carbocycles. The van der Waals surface area contributed by atoms with Crippen molar-refractivity contribution in [3.63, 3.8) is 0 Å². The lowest BCUT2D eigenvalue weighted by atomic mass is 10.2. The molecule has 8 heteroatoms. The highest BCUT2D eigenvalue weighted by Crippen LogP contribution is 2.23. The standard InChI is InChI=1S/C22H28N8/c1-5-18-15(13-29(3)27-18)11-23-21-17-9-7-8-10-20(17)25-22(26-21)24-12-16-14-30(4)28-19(16)6-2/h7-10,13-14H,5-6,11-12H2,1-4H3,(H2,23,24,25,26). The van der Waals surface area contributed by atoms with E-state index in [1.165, 1.54) is 5.56 Å². The minimum Gasteiger partial charge on any atom is -0.365 e. The van der Waals surface area contributed by atoms with Crippen LogP contribution in [0.2, 0.25) is 0 Å². The van der Waals surface area contributed by atoms with Crippen LogP contribution >= 0.6 is 0 Å². The van der Waals surface area contributed by atoms with Gasteiger partial charge in [-0.2, -0.15) is 15.2 Å². The first-order valence-corrected chi connectivity index (χ1v) is 10.3. The van der Waals surface area contributed by atoms with Gasteiger partial charge < -0.3 is 10.6 Å². The number of hydrogen-bond acceptors (Lipinski definition) is 6. The molecule has 0 unspecified atom stereocenters. The Morgan fingerprint density at radius 3 is 2.03 bits per heavy atom. The first-order valence-electron chi connectivity index (χ1n) is 10.3. The van der Waals surface area contributed by atoms with Gasteiger partial charge >= 0.3 is 0 Å². The first-order chi connectivity index (χ1) is 14.6. The fraction of sp³-hybridized carbons (Fsp3) is 0.364. The summed E-state index contributed by atoms with van der Waals surface area (Å²) in [6.07, 6.45) is 5.90. The highest BCUT2D eigenvalue weighted by atomic mass is 15.3. The van der Waals surface area contributed by atoms with Crippen molar-refractivity contribution >= 4 is 22.7 Å². The number of aromatic nitrogens is 6. The fourth-order valence-corrected chi connectivity index (χ4v) is 3.70. The zero-order valence-electron chi connectivity index (χ0n) is 18.0. The summed E-state index contributed by atoms with van der Waals surface area (Å²) >= 11 is 0. The molecule has 2 N–H and O–H groups in total. The van der Waals surface area contributed by atoms with Gasteiger partial charge in [-0.25, -0.2) is 4.98 Å². The summed E-state index contributed by atoms with van der Waals surface area (Å²) in [6.45, 7) is 5.54. The highest BCUT2D eigenvalue weighted by Gasteiger charge is 2.11. The summed E-state index contributed by atoms with van der Waals surface area (Å²) in [7, 11) is 3.90. The van der Waals surface area contributed by atoms with Crippen LogP contribution in [0.15, 0.2) is 36.7 Å². The lowest BCUT2D eigenvalue weighted by Gasteiger charge is -2.12. The van der Waals surface area contributed by atoms with E-state index >= 15 is 0 Å². The third kappa shape index (κ3) is 4.12.